The second-order valence-electron chi connectivity index (χ2n) is 4.90. The molecular weight excluding hydrogens is 253 g/mol. The highest BCUT2D eigenvalue weighted by atomic mass is 31.2. The van der Waals surface area contributed by atoms with Gasteiger partial charge >= 0.3 is 7.82 Å². The first-order valence-corrected chi connectivity index (χ1v) is 7.25. The van der Waals surface area contributed by atoms with Crippen LogP contribution in [-0.4, -0.2) is 21.9 Å². The van der Waals surface area contributed by atoms with Crippen molar-refractivity contribution in [3.05, 3.63) is 35.4 Å². The van der Waals surface area contributed by atoms with Gasteiger partial charge in [0.2, 0.25) is 0 Å². The van der Waals surface area contributed by atoms with Gasteiger partial charge in [-0.2, -0.15) is 0 Å². The summed E-state index contributed by atoms with van der Waals surface area (Å²) in [5.41, 5.74) is 7.52. The molecular formula is C12H20NO4P. The lowest BCUT2D eigenvalue weighted by Crippen LogP contribution is -2.41. The van der Waals surface area contributed by atoms with E-state index < -0.39 is 13.4 Å². The highest BCUT2D eigenvalue weighted by Crippen LogP contribution is 2.36. The fourth-order valence-corrected chi connectivity index (χ4v) is 1.95. The van der Waals surface area contributed by atoms with E-state index in [9.17, 15) is 4.57 Å². The Balaban J connectivity index is 2.46. The van der Waals surface area contributed by atoms with Crippen molar-refractivity contribution < 1.29 is 18.9 Å². The van der Waals surface area contributed by atoms with Gasteiger partial charge < -0.3 is 15.5 Å². The first-order chi connectivity index (χ1) is 8.18. The number of rotatable bonds is 6. The van der Waals surface area contributed by atoms with Crippen LogP contribution >= 0.6 is 7.82 Å². The van der Waals surface area contributed by atoms with Crippen LogP contribution < -0.4 is 5.73 Å². The van der Waals surface area contributed by atoms with Crippen LogP contribution in [0.4, 0.5) is 0 Å². The number of hydrogen-bond donors (Lipinski definition) is 3. The molecule has 0 saturated carbocycles. The number of phosphoric ester groups is 1. The lowest BCUT2D eigenvalue weighted by Gasteiger charge is -2.24. The van der Waals surface area contributed by atoms with Gasteiger partial charge in [-0.1, -0.05) is 29.8 Å². The first kappa shape index (κ1) is 15.3. The van der Waals surface area contributed by atoms with Crippen LogP contribution in [0.5, 0.6) is 0 Å². The van der Waals surface area contributed by atoms with Crippen molar-refractivity contribution in [2.75, 3.05) is 6.61 Å². The van der Waals surface area contributed by atoms with Gasteiger partial charge in [0.1, 0.15) is 0 Å². The lowest BCUT2D eigenvalue weighted by molar-refractivity contribution is 0.154. The third kappa shape index (κ3) is 6.28. The Bertz CT molecular complexity index is 424. The van der Waals surface area contributed by atoms with Gasteiger partial charge in [0.25, 0.3) is 0 Å². The van der Waals surface area contributed by atoms with Crippen LogP contribution in [0, 0.1) is 6.92 Å². The maximum atomic E-state index is 10.6. The summed E-state index contributed by atoms with van der Waals surface area (Å²) in [4.78, 5) is 17.3. The zero-order chi connectivity index (χ0) is 13.8. The maximum Gasteiger partial charge on any atom is 0.469 e. The van der Waals surface area contributed by atoms with E-state index in [1.807, 2.05) is 31.2 Å². The molecule has 0 radical (unpaired) electrons. The number of phosphoric acid groups is 1. The highest BCUT2D eigenvalue weighted by molar-refractivity contribution is 7.46. The van der Waals surface area contributed by atoms with E-state index in [4.69, 9.17) is 15.5 Å². The molecule has 0 aliphatic carbocycles. The molecule has 0 aliphatic rings. The molecule has 0 spiro atoms. The highest BCUT2D eigenvalue weighted by Gasteiger charge is 2.24. The fourth-order valence-electron chi connectivity index (χ4n) is 1.49. The van der Waals surface area contributed by atoms with E-state index in [2.05, 4.69) is 4.52 Å². The summed E-state index contributed by atoms with van der Waals surface area (Å²) in [6, 6.07) is 8.09. The number of aryl methyl sites for hydroxylation is 2. The summed E-state index contributed by atoms with van der Waals surface area (Å²) in [6.07, 6.45) is 1.34. The fraction of sp³-hybridized carbons (Fsp3) is 0.500. The smallest absolute Gasteiger partial charge is 0.323 e. The molecule has 18 heavy (non-hydrogen) atoms. The van der Waals surface area contributed by atoms with Crippen LogP contribution in [0.25, 0.3) is 0 Å². The molecule has 4 N–H and O–H groups in total. The SMILES string of the molecule is Cc1ccc(CC[C@@](C)(N)COP(=O)(O)O)cc1. The number of hydrogen-bond acceptors (Lipinski definition) is 3. The predicted molar refractivity (Wildman–Crippen MR) is 70.1 cm³/mol. The Morgan fingerprint density at radius 1 is 1.33 bits per heavy atom. The Hall–Kier alpha value is -0.710. The van der Waals surface area contributed by atoms with E-state index in [-0.39, 0.29) is 6.61 Å². The molecule has 1 rings (SSSR count). The molecule has 1 atom stereocenters. The standard InChI is InChI=1S/C12H20NO4P/c1-10-3-5-11(6-4-10)7-8-12(2,13)9-17-18(14,15)16/h3-6H,7-9,13H2,1-2H3,(H2,14,15,16)/t12-/m1/s1. The normalized spacial score (nSPS) is 15.4. The minimum atomic E-state index is -4.44. The van der Waals surface area contributed by atoms with Crippen molar-refractivity contribution >= 4 is 7.82 Å². The predicted octanol–water partition coefficient (Wildman–Crippen LogP) is 1.75. The number of benzene rings is 1. The Kier molecular flexibility index (Phi) is 5.08. The minimum Gasteiger partial charge on any atom is -0.323 e. The Labute approximate surface area is 107 Å². The van der Waals surface area contributed by atoms with Crippen molar-refractivity contribution in [1.29, 1.82) is 0 Å². The summed E-state index contributed by atoms with van der Waals surface area (Å²) in [5.74, 6) is 0. The number of nitrogens with two attached hydrogens (primary N) is 1. The topological polar surface area (TPSA) is 92.8 Å². The average Bonchev–Trinajstić information content (AvgIpc) is 2.25. The van der Waals surface area contributed by atoms with E-state index >= 15 is 0 Å². The van der Waals surface area contributed by atoms with E-state index in [1.54, 1.807) is 6.92 Å². The van der Waals surface area contributed by atoms with Crippen molar-refractivity contribution in [3.8, 4) is 0 Å². The lowest BCUT2D eigenvalue weighted by atomic mass is 9.95. The third-order valence-corrected chi connectivity index (χ3v) is 3.13. The molecule has 0 unspecified atom stereocenters. The van der Waals surface area contributed by atoms with Crippen LogP contribution in [0.1, 0.15) is 24.5 Å². The van der Waals surface area contributed by atoms with Crippen molar-refractivity contribution in [3.63, 3.8) is 0 Å². The molecule has 0 amide bonds. The Morgan fingerprint density at radius 2 is 1.89 bits per heavy atom. The molecule has 0 heterocycles. The van der Waals surface area contributed by atoms with Crippen LogP contribution in [0.3, 0.4) is 0 Å². The van der Waals surface area contributed by atoms with Crippen molar-refractivity contribution in [2.45, 2.75) is 32.2 Å². The monoisotopic (exact) mass is 273 g/mol. The second-order valence-corrected chi connectivity index (χ2v) is 6.14. The van der Waals surface area contributed by atoms with Crippen molar-refractivity contribution in [2.24, 2.45) is 5.73 Å². The summed E-state index contributed by atoms with van der Waals surface area (Å²) >= 11 is 0. The molecule has 0 aromatic heterocycles. The van der Waals surface area contributed by atoms with Gasteiger partial charge in [0.15, 0.2) is 0 Å². The molecule has 6 heteroatoms. The van der Waals surface area contributed by atoms with Gasteiger partial charge in [-0.15, -0.1) is 0 Å². The van der Waals surface area contributed by atoms with Crippen LogP contribution in [0.2, 0.25) is 0 Å². The van der Waals surface area contributed by atoms with Gasteiger partial charge in [-0.05, 0) is 32.3 Å². The summed E-state index contributed by atoms with van der Waals surface area (Å²) in [7, 11) is -4.44. The maximum absolute atomic E-state index is 10.6. The molecule has 0 aliphatic heterocycles. The van der Waals surface area contributed by atoms with Gasteiger partial charge in [0.05, 0.1) is 6.61 Å². The second kappa shape index (κ2) is 5.95. The average molecular weight is 273 g/mol. The molecule has 0 saturated heterocycles. The molecule has 0 fully saturated rings. The zero-order valence-corrected chi connectivity index (χ0v) is 11.6. The molecule has 0 bridgehead atoms. The quantitative estimate of drug-likeness (QED) is 0.687. The summed E-state index contributed by atoms with van der Waals surface area (Å²) in [5, 5.41) is 0. The van der Waals surface area contributed by atoms with Gasteiger partial charge in [-0.3, -0.25) is 4.52 Å². The minimum absolute atomic E-state index is 0.164. The van der Waals surface area contributed by atoms with E-state index in [0.29, 0.717) is 6.42 Å². The zero-order valence-electron chi connectivity index (χ0n) is 10.7. The van der Waals surface area contributed by atoms with E-state index in [1.165, 1.54) is 5.56 Å². The molecule has 5 nitrogen and oxygen atoms in total. The van der Waals surface area contributed by atoms with Crippen LogP contribution in [-0.2, 0) is 15.5 Å². The summed E-state index contributed by atoms with van der Waals surface area (Å²) in [6.45, 7) is 3.57. The third-order valence-electron chi connectivity index (χ3n) is 2.67. The van der Waals surface area contributed by atoms with Crippen molar-refractivity contribution in [1.82, 2.24) is 0 Å². The summed E-state index contributed by atoms with van der Waals surface area (Å²) < 4.78 is 15.0. The molecule has 1 aromatic carbocycles. The largest absolute Gasteiger partial charge is 0.469 e. The molecule has 102 valence electrons. The van der Waals surface area contributed by atoms with Gasteiger partial charge in [-0.25, -0.2) is 4.57 Å². The molecule has 1 aromatic rings. The van der Waals surface area contributed by atoms with E-state index in [0.717, 1.165) is 12.0 Å². The Morgan fingerprint density at radius 3 is 2.39 bits per heavy atom. The first-order valence-electron chi connectivity index (χ1n) is 5.72. The van der Waals surface area contributed by atoms with Crippen LogP contribution in [0.15, 0.2) is 24.3 Å². The van der Waals surface area contributed by atoms with Gasteiger partial charge in [0, 0.05) is 5.54 Å².